The van der Waals surface area contributed by atoms with Crippen LogP contribution >= 0.6 is 0 Å². The zero-order chi connectivity index (χ0) is 24.2. The van der Waals surface area contributed by atoms with Crippen molar-refractivity contribution in [2.24, 2.45) is 0 Å². The standard InChI is InChI=1S/C30H34N4O2/c35-29-24-12-6-7-13-25(24)31-28-30(36)33(26-14-8-9-15-27(26)34(28)29)23-18-21-16-17-22(19-23)32(21)20-10-4-2-1-3-5-11-20/h6-9,12-15,20-23H,1-5,10-11,16-19H2/t21-,22?,23?/m0/s1. The lowest BCUT2D eigenvalue weighted by Gasteiger charge is -2.45. The van der Waals surface area contributed by atoms with E-state index < -0.39 is 0 Å². The molecule has 2 aromatic carbocycles. The zero-order valence-corrected chi connectivity index (χ0v) is 20.8. The molecule has 6 nitrogen and oxygen atoms in total. The summed E-state index contributed by atoms with van der Waals surface area (Å²) in [4.78, 5) is 35.2. The molecule has 2 unspecified atom stereocenters. The van der Waals surface area contributed by atoms with Crippen LogP contribution in [0.2, 0.25) is 0 Å². The summed E-state index contributed by atoms with van der Waals surface area (Å²) in [6.07, 6.45) is 14.0. The summed E-state index contributed by atoms with van der Waals surface area (Å²) in [7, 11) is 0. The topological polar surface area (TPSA) is 59.6 Å². The van der Waals surface area contributed by atoms with Gasteiger partial charge in [-0.1, -0.05) is 56.4 Å². The van der Waals surface area contributed by atoms with E-state index in [9.17, 15) is 9.59 Å². The number of hydrogen-bond acceptors (Lipinski definition) is 4. The van der Waals surface area contributed by atoms with Gasteiger partial charge in [0.15, 0.2) is 0 Å². The molecule has 0 radical (unpaired) electrons. The van der Waals surface area contributed by atoms with Gasteiger partial charge in [0.05, 0.1) is 21.9 Å². The maximum atomic E-state index is 14.1. The maximum Gasteiger partial charge on any atom is 0.295 e. The lowest BCUT2D eigenvalue weighted by Crippen LogP contribution is -2.50. The third-order valence-corrected chi connectivity index (χ3v) is 9.19. The minimum Gasteiger partial charge on any atom is -0.300 e. The number of hydrogen-bond donors (Lipinski definition) is 0. The number of aromatic nitrogens is 3. The highest BCUT2D eigenvalue weighted by molar-refractivity contribution is 5.84. The predicted octanol–water partition coefficient (Wildman–Crippen LogP) is 5.44. The minimum atomic E-state index is -0.171. The second kappa shape index (κ2) is 8.84. The second-order valence-electron chi connectivity index (χ2n) is 11.2. The van der Waals surface area contributed by atoms with Crippen LogP contribution in [0.3, 0.4) is 0 Å². The highest BCUT2D eigenvalue weighted by Crippen LogP contribution is 2.44. The molecule has 2 aliphatic heterocycles. The van der Waals surface area contributed by atoms with Crippen LogP contribution in [-0.2, 0) is 0 Å². The molecule has 7 rings (SSSR count). The lowest BCUT2D eigenvalue weighted by molar-refractivity contribution is 0.0498. The van der Waals surface area contributed by atoms with Gasteiger partial charge in [-0.05, 0) is 62.8 Å². The zero-order valence-electron chi connectivity index (χ0n) is 20.8. The molecular formula is C30H34N4O2. The smallest absolute Gasteiger partial charge is 0.295 e. The van der Waals surface area contributed by atoms with Crippen LogP contribution in [0.1, 0.15) is 76.7 Å². The van der Waals surface area contributed by atoms with Gasteiger partial charge in [0.2, 0.25) is 5.65 Å². The summed E-state index contributed by atoms with van der Waals surface area (Å²) < 4.78 is 3.53. The maximum absolute atomic E-state index is 14.1. The van der Waals surface area contributed by atoms with Crippen LogP contribution in [0.4, 0.5) is 0 Å². The Labute approximate surface area is 210 Å². The molecular weight excluding hydrogens is 448 g/mol. The third kappa shape index (κ3) is 3.45. The molecule has 0 N–H and O–H groups in total. The number of benzene rings is 2. The molecule has 4 aromatic rings. The van der Waals surface area contributed by atoms with Crippen LogP contribution in [0.25, 0.3) is 27.6 Å². The Balaban J connectivity index is 1.34. The molecule has 3 aliphatic rings. The summed E-state index contributed by atoms with van der Waals surface area (Å²) in [5.74, 6) is 0. The molecule has 1 saturated carbocycles. The fourth-order valence-corrected chi connectivity index (χ4v) is 7.66. The van der Waals surface area contributed by atoms with E-state index in [1.807, 2.05) is 47.0 Å². The summed E-state index contributed by atoms with van der Waals surface area (Å²) >= 11 is 0. The van der Waals surface area contributed by atoms with E-state index in [4.69, 9.17) is 4.98 Å². The fraction of sp³-hybridized carbons (Fsp3) is 0.500. The summed E-state index contributed by atoms with van der Waals surface area (Å²) in [6.45, 7) is 0. The second-order valence-corrected chi connectivity index (χ2v) is 11.2. The number of piperidine rings is 1. The molecule has 3 fully saturated rings. The van der Waals surface area contributed by atoms with Crippen molar-refractivity contribution in [2.45, 2.75) is 94.8 Å². The van der Waals surface area contributed by atoms with Gasteiger partial charge in [-0.25, -0.2) is 4.98 Å². The molecule has 2 aromatic heterocycles. The van der Waals surface area contributed by atoms with Gasteiger partial charge < -0.3 is 4.57 Å². The van der Waals surface area contributed by atoms with Crippen molar-refractivity contribution < 1.29 is 0 Å². The monoisotopic (exact) mass is 482 g/mol. The van der Waals surface area contributed by atoms with Crippen LogP contribution in [0, 0.1) is 0 Å². The lowest BCUT2D eigenvalue weighted by atomic mass is 9.89. The Bertz CT molecular complexity index is 1550. The molecule has 186 valence electrons. The SMILES string of the molecule is O=c1c2nc3ccccc3c(=O)n2c2ccccc2n1C1CC2CC[C@@H](C1)N2C1CCCCCCC1. The Hall–Kier alpha value is -2.99. The van der Waals surface area contributed by atoms with Crippen molar-refractivity contribution in [1.82, 2.24) is 18.9 Å². The van der Waals surface area contributed by atoms with Crippen molar-refractivity contribution in [3.05, 3.63) is 69.2 Å². The van der Waals surface area contributed by atoms with Crippen molar-refractivity contribution in [1.29, 1.82) is 0 Å². The predicted molar refractivity (Wildman–Crippen MR) is 144 cm³/mol. The molecule has 3 atom stereocenters. The van der Waals surface area contributed by atoms with E-state index in [-0.39, 0.29) is 22.8 Å². The first kappa shape index (κ1) is 22.2. The van der Waals surface area contributed by atoms with Crippen molar-refractivity contribution in [3.8, 4) is 0 Å². The highest BCUT2D eigenvalue weighted by Gasteiger charge is 2.44. The van der Waals surface area contributed by atoms with Gasteiger partial charge in [0.25, 0.3) is 11.1 Å². The average Bonchev–Trinajstić information content (AvgIpc) is 3.13. The largest absolute Gasteiger partial charge is 0.300 e. The minimum absolute atomic E-state index is 0.137. The van der Waals surface area contributed by atoms with E-state index in [0.29, 0.717) is 29.0 Å². The quantitative estimate of drug-likeness (QED) is 0.282. The number of rotatable bonds is 2. The summed E-state index contributed by atoms with van der Waals surface area (Å²) in [5, 5.41) is 0.544. The molecule has 6 heteroatoms. The van der Waals surface area contributed by atoms with Gasteiger partial charge in [-0.3, -0.25) is 18.9 Å². The molecule has 4 heterocycles. The van der Waals surface area contributed by atoms with Crippen LogP contribution in [0.15, 0.2) is 58.1 Å². The van der Waals surface area contributed by atoms with Crippen molar-refractivity contribution in [3.63, 3.8) is 0 Å². The fourth-order valence-electron chi connectivity index (χ4n) is 7.66. The Morgan fingerprint density at radius 3 is 2.03 bits per heavy atom. The molecule has 1 aliphatic carbocycles. The van der Waals surface area contributed by atoms with Gasteiger partial charge in [0.1, 0.15) is 0 Å². The summed E-state index contributed by atoms with van der Waals surface area (Å²) in [5.41, 5.74) is 2.13. The Kier molecular flexibility index (Phi) is 5.46. The highest BCUT2D eigenvalue weighted by atomic mass is 16.1. The van der Waals surface area contributed by atoms with E-state index >= 15 is 0 Å². The third-order valence-electron chi connectivity index (χ3n) is 9.19. The molecule has 36 heavy (non-hydrogen) atoms. The first-order valence-corrected chi connectivity index (χ1v) is 13.9. The molecule has 2 saturated heterocycles. The van der Waals surface area contributed by atoms with E-state index in [2.05, 4.69) is 4.90 Å². The van der Waals surface area contributed by atoms with Crippen LogP contribution in [-0.4, -0.2) is 37.0 Å². The van der Waals surface area contributed by atoms with E-state index in [1.54, 1.807) is 6.07 Å². The number of nitrogens with zero attached hydrogens (tertiary/aromatic N) is 4. The Morgan fingerprint density at radius 1 is 0.639 bits per heavy atom. The van der Waals surface area contributed by atoms with Gasteiger partial charge in [-0.2, -0.15) is 0 Å². The van der Waals surface area contributed by atoms with E-state index in [0.717, 1.165) is 23.9 Å². The van der Waals surface area contributed by atoms with Crippen LogP contribution in [0.5, 0.6) is 0 Å². The van der Waals surface area contributed by atoms with Gasteiger partial charge in [0, 0.05) is 24.2 Å². The molecule has 2 bridgehead atoms. The Morgan fingerprint density at radius 2 is 1.28 bits per heavy atom. The average molecular weight is 483 g/mol. The van der Waals surface area contributed by atoms with Gasteiger partial charge >= 0.3 is 0 Å². The number of fused-ring (bicyclic) bond motifs is 6. The first-order valence-electron chi connectivity index (χ1n) is 13.9. The van der Waals surface area contributed by atoms with Crippen molar-refractivity contribution in [2.75, 3.05) is 0 Å². The number of para-hydroxylation sites is 3. The molecule has 0 spiro atoms. The summed E-state index contributed by atoms with van der Waals surface area (Å²) in [6, 6.07) is 17.1. The normalized spacial score (nSPS) is 25.9. The van der Waals surface area contributed by atoms with Crippen LogP contribution < -0.4 is 11.1 Å². The van der Waals surface area contributed by atoms with Gasteiger partial charge in [-0.15, -0.1) is 0 Å². The first-order chi connectivity index (χ1) is 17.7. The van der Waals surface area contributed by atoms with Crippen molar-refractivity contribution >= 4 is 27.6 Å². The van der Waals surface area contributed by atoms with E-state index in [1.165, 1.54) is 62.2 Å². The molecule has 0 amide bonds.